The average molecular weight is 326 g/mol. The van der Waals surface area contributed by atoms with Crippen molar-refractivity contribution in [3.63, 3.8) is 0 Å². The fourth-order valence-electron chi connectivity index (χ4n) is 2.27. The Hall–Kier alpha value is -2.82. The fraction of sp³-hybridized carbons (Fsp3) is 0.263. The molecule has 0 aromatic heterocycles. The highest BCUT2D eigenvalue weighted by molar-refractivity contribution is 6.35. The van der Waals surface area contributed by atoms with Crippen LogP contribution in [0.4, 0.5) is 0 Å². The number of carbonyl (C=O) groups is 2. The zero-order valence-corrected chi connectivity index (χ0v) is 13.9. The van der Waals surface area contributed by atoms with Crippen molar-refractivity contribution in [1.29, 1.82) is 0 Å². The normalized spacial score (nSPS) is 11.4. The summed E-state index contributed by atoms with van der Waals surface area (Å²) in [7, 11) is 1.58. The molecule has 0 aliphatic carbocycles. The Morgan fingerprint density at radius 1 is 1.00 bits per heavy atom. The Kier molecular flexibility index (Phi) is 6.37. The molecule has 2 amide bonds. The third-order valence-corrected chi connectivity index (χ3v) is 3.73. The van der Waals surface area contributed by atoms with Crippen molar-refractivity contribution >= 4 is 11.8 Å². The first-order chi connectivity index (χ1) is 11.6. The molecule has 0 radical (unpaired) electrons. The fourth-order valence-corrected chi connectivity index (χ4v) is 2.27. The number of hydrogen-bond acceptors (Lipinski definition) is 3. The lowest BCUT2D eigenvalue weighted by Crippen LogP contribution is -2.40. The van der Waals surface area contributed by atoms with Crippen LogP contribution in [0.25, 0.3) is 0 Å². The summed E-state index contributed by atoms with van der Waals surface area (Å²) >= 11 is 0. The molecule has 0 spiro atoms. The standard InChI is InChI=1S/C19H22N2O3/c1-14(16-8-4-3-5-9-16)12-20-18(22)19(23)21-13-15-7-6-10-17(11-15)24-2/h3-11,14H,12-13H2,1-2H3,(H,20,22)(H,21,23)/t14-/m1/s1. The Morgan fingerprint density at radius 2 is 1.71 bits per heavy atom. The smallest absolute Gasteiger partial charge is 0.309 e. The Bertz CT molecular complexity index is 686. The van der Waals surface area contributed by atoms with E-state index >= 15 is 0 Å². The SMILES string of the molecule is COc1cccc(CNC(=O)C(=O)NC[C@@H](C)c2ccccc2)c1. The van der Waals surface area contributed by atoms with Gasteiger partial charge in [0.2, 0.25) is 0 Å². The molecule has 0 aliphatic heterocycles. The van der Waals surface area contributed by atoms with E-state index in [1.165, 1.54) is 0 Å². The molecule has 1 atom stereocenters. The van der Waals surface area contributed by atoms with Gasteiger partial charge in [-0.3, -0.25) is 9.59 Å². The second kappa shape index (κ2) is 8.72. The summed E-state index contributed by atoms with van der Waals surface area (Å²) < 4.78 is 5.12. The van der Waals surface area contributed by atoms with Crippen LogP contribution >= 0.6 is 0 Å². The minimum absolute atomic E-state index is 0.140. The molecule has 0 unspecified atom stereocenters. The maximum absolute atomic E-state index is 11.9. The highest BCUT2D eigenvalue weighted by Gasteiger charge is 2.14. The van der Waals surface area contributed by atoms with E-state index in [0.717, 1.165) is 11.1 Å². The second-order valence-electron chi connectivity index (χ2n) is 5.56. The van der Waals surface area contributed by atoms with Crippen LogP contribution in [0.1, 0.15) is 24.0 Å². The minimum atomic E-state index is -0.641. The van der Waals surface area contributed by atoms with Crippen LogP contribution in [0.5, 0.6) is 5.75 Å². The van der Waals surface area contributed by atoms with E-state index in [4.69, 9.17) is 4.74 Å². The number of nitrogens with one attached hydrogen (secondary N) is 2. The van der Waals surface area contributed by atoms with Crippen molar-refractivity contribution in [2.24, 2.45) is 0 Å². The van der Waals surface area contributed by atoms with Gasteiger partial charge in [0.25, 0.3) is 0 Å². The molecule has 2 aromatic carbocycles. The summed E-state index contributed by atoms with van der Waals surface area (Å²) in [4.78, 5) is 23.7. The first-order valence-corrected chi connectivity index (χ1v) is 7.84. The number of hydrogen-bond donors (Lipinski definition) is 2. The molecule has 0 saturated heterocycles. The molecule has 0 aliphatic rings. The Morgan fingerprint density at radius 3 is 2.42 bits per heavy atom. The number of ether oxygens (including phenoxy) is 1. The summed E-state index contributed by atoms with van der Waals surface area (Å²) in [5, 5.41) is 5.27. The van der Waals surface area contributed by atoms with Gasteiger partial charge >= 0.3 is 11.8 Å². The third kappa shape index (κ3) is 5.12. The lowest BCUT2D eigenvalue weighted by atomic mass is 10.0. The van der Waals surface area contributed by atoms with Crippen molar-refractivity contribution in [1.82, 2.24) is 10.6 Å². The molecule has 5 heteroatoms. The van der Waals surface area contributed by atoms with Crippen LogP contribution in [0.2, 0.25) is 0 Å². The molecule has 0 bridgehead atoms. The van der Waals surface area contributed by atoms with Crippen molar-refractivity contribution in [2.45, 2.75) is 19.4 Å². The first kappa shape index (κ1) is 17.5. The molecular formula is C19H22N2O3. The zero-order valence-electron chi connectivity index (χ0n) is 13.9. The predicted molar refractivity (Wildman–Crippen MR) is 92.7 cm³/mol. The topological polar surface area (TPSA) is 67.4 Å². The van der Waals surface area contributed by atoms with Crippen molar-refractivity contribution in [2.75, 3.05) is 13.7 Å². The van der Waals surface area contributed by atoms with Gasteiger partial charge < -0.3 is 15.4 Å². The van der Waals surface area contributed by atoms with Crippen molar-refractivity contribution in [3.8, 4) is 5.75 Å². The molecule has 126 valence electrons. The third-order valence-electron chi connectivity index (χ3n) is 3.73. The lowest BCUT2D eigenvalue weighted by molar-refractivity contribution is -0.139. The molecule has 0 heterocycles. The number of benzene rings is 2. The van der Waals surface area contributed by atoms with Gasteiger partial charge in [0.05, 0.1) is 7.11 Å². The Balaban J connectivity index is 1.78. The predicted octanol–water partition coefficient (Wildman–Crippen LogP) is 2.23. The molecule has 24 heavy (non-hydrogen) atoms. The van der Waals surface area contributed by atoms with Gasteiger partial charge in [-0.1, -0.05) is 49.4 Å². The Labute approximate surface area is 142 Å². The van der Waals surface area contributed by atoms with Crippen LogP contribution in [-0.4, -0.2) is 25.5 Å². The molecule has 2 aromatic rings. The summed E-state index contributed by atoms with van der Waals surface area (Å²) in [6, 6.07) is 17.2. The largest absolute Gasteiger partial charge is 0.497 e. The zero-order chi connectivity index (χ0) is 17.4. The van der Waals surface area contributed by atoms with Crippen LogP contribution < -0.4 is 15.4 Å². The van der Waals surface area contributed by atoms with Crippen molar-refractivity contribution in [3.05, 3.63) is 65.7 Å². The monoisotopic (exact) mass is 326 g/mol. The molecule has 0 fully saturated rings. The second-order valence-corrected chi connectivity index (χ2v) is 5.56. The summed E-state index contributed by atoms with van der Waals surface area (Å²) in [6.07, 6.45) is 0. The van der Waals surface area contributed by atoms with Gasteiger partial charge in [-0.25, -0.2) is 0 Å². The van der Waals surface area contributed by atoms with Crippen LogP contribution in [0.3, 0.4) is 0 Å². The maximum Gasteiger partial charge on any atom is 0.309 e. The number of amides is 2. The van der Waals surface area contributed by atoms with Crippen LogP contribution in [0, 0.1) is 0 Å². The van der Waals surface area contributed by atoms with Crippen LogP contribution in [0.15, 0.2) is 54.6 Å². The van der Waals surface area contributed by atoms with Gasteiger partial charge in [0.15, 0.2) is 0 Å². The summed E-state index contributed by atoms with van der Waals surface area (Å²) in [6.45, 7) is 2.69. The maximum atomic E-state index is 11.9. The number of rotatable bonds is 6. The van der Waals surface area contributed by atoms with Gasteiger partial charge in [-0.2, -0.15) is 0 Å². The number of carbonyl (C=O) groups excluding carboxylic acids is 2. The van der Waals surface area contributed by atoms with E-state index in [1.807, 2.05) is 61.5 Å². The van der Waals surface area contributed by atoms with Gasteiger partial charge in [0.1, 0.15) is 5.75 Å². The van der Waals surface area contributed by atoms with Gasteiger partial charge in [-0.15, -0.1) is 0 Å². The molecular weight excluding hydrogens is 304 g/mol. The summed E-state index contributed by atoms with van der Waals surface area (Å²) in [5.74, 6) is -0.414. The van der Waals surface area contributed by atoms with E-state index in [-0.39, 0.29) is 12.5 Å². The van der Waals surface area contributed by atoms with E-state index in [9.17, 15) is 9.59 Å². The highest BCUT2D eigenvalue weighted by Crippen LogP contribution is 2.13. The molecule has 5 nitrogen and oxygen atoms in total. The minimum Gasteiger partial charge on any atom is -0.497 e. The van der Waals surface area contributed by atoms with E-state index in [1.54, 1.807) is 7.11 Å². The van der Waals surface area contributed by atoms with E-state index < -0.39 is 11.8 Å². The average Bonchev–Trinajstić information content (AvgIpc) is 2.64. The number of methoxy groups -OCH3 is 1. The highest BCUT2D eigenvalue weighted by atomic mass is 16.5. The quantitative estimate of drug-likeness (QED) is 0.800. The van der Waals surface area contributed by atoms with Gasteiger partial charge in [-0.05, 0) is 29.2 Å². The molecule has 2 rings (SSSR count). The van der Waals surface area contributed by atoms with Gasteiger partial charge in [0, 0.05) is 13.1 Å². The van der Waals surface area contributed by atoms with Crippen molar-refractivity contribution < 1.29 is 14.3 Å². The molecule has 2 N–H and O–H groups in total. The first-order valence-electron chi connectivity index (χ1n) is 7.84. The summed E-state index contributed by atoms with van der Waals surface area (Å²) in [5.41, 5.74) is 1.99. The lowest BCUT2D eigenvalue weighted by Gasteiger charge is -2.13. The van der Waals surface area contributed by atoms with E-state index in [2.05, 4.69) is 10.6 Å². The van der Waals surface area contributed by atoms with E-state index in [0.29, 0.717) is 12.3 Å². The molecule has 0 saturated carbocycles. The van der Waals surface area contributed by atoms with Crippen LogP contribution in [-0.2, 0) is 16.1 Å².